The number of nitrogens with zero attached hydrogens (tertiary/aromatic N) is 2. The molecule has 1 aromatic heterocycles. The van der Waals surface area contributed by atoms with Crippen molar-refractivity contribution in [3.05, 3.63) is 63.4 Å². The van der Waals surface area contributed by atoms with Crippen molar-refractivity contribution in [1.82, 2.24) is 9.55 Å². The molecule has 116 valence electrons. The van der Waals surface area contributed by atoms with E-state index >= 15 is 0 Å². The van der Waals surface area contributed by atoms with E-state index < -0.39 is 4.92 Å². The fraction of sp³-hybridized carbons (Fsp3) is 0.0667. The maximum absolute atomic E-state index is 12.2. The number of hydrogen-bond acceptors (Lipinski definition) is 4. The first-order valence-electron chi connectivity index (χ1n) is 6.77. The largest absolute Gasteiger partial charge is 0.331 e. The molecule has 2 N–H and O–H groups in total. The molecule has 7 nitrogen and oxygen atoms in total. The van der Waals surface area contributed by atoms with Crippen molar-refractivity contribution in [3.8, 4) is 0 Å². The van der Waals surface area contributed by atoms with E-state index in [4.69, 9.17) is 12.2 Å². The van der Waals surface area contributed by atoms with E-state index in [-0.39, 0.29) is 23.8 Å². The average molecular weight is 328 g/mol. The maximum Gasteiger partial charge on any atom is 0.292 e. The molecule has 3 rings (SSSR count). The number of carbonyl (C=O) groups is 1. The smallest absolute Gasteiger partial charge is 0.292 e. The van der Waals surface area contributed by atoms with E-state index in [0.29, 0.717) is 4.77 Å². The molecule has 0 radical (unpaired) electrons. The van der Waals surface area contributed by atoms with Gasteiger partial charge in [0.05, 0.1) is 16.0 Å². The van der Waals surface area contributed by atoms with Crippen LogP contribution in [0.3, 0.4) is 0 Å². The van der Waals surface area contributed by atoms with Crippen molar-refractivity contribution in [2.75, 3.05) is 5.32 Å². The van der Waals surface area contributed by atoms with Crippen LogP contribution in [-0.4, -0.2) is 20.4 Å². The Kier molecular flexibility index (Phi) is 3.90. The van der Waals surface area contributed by atoms with Gasteiger partial charge in [0.1, 0.15) is 12.2 Å². The van der Waals surface area contributed by atoms with Gasteiger partial charge in [-0.1, -0.05) is 24.3 Å². The van der Waals surface area contributed by atoms with Gasteiger partial charge in [-0.2, -0.15) is 0 Å². The highest BCUT2D eigenvalue weighted by Gasteiger charge is 2.15. The first-order valence-corrected chi connectivity index (χ1v) is 7.18. The van der Waals surface area contributed by atoms with Gasteiger partial charge in [0.15, 0.2) is 4.77 Å². The van der Waals surface area contributed by atoms with Crippen LogP contribution in [0.1, 0.15) is 0 Å². The van der Waals surface area contributed by atoms with E-state index in [1.54, 1.807) is 16.7 Å². The number of benzene rings is 2. The van der Waals surface area contributed by atoms with E-state index in [1.807, 2.05) is 24.3 Å². The van der Waals surface area contributed by atoms with Crippen LogP contribution in [0.4, 0.5) is 11.4 Å². The summed E-state index contributed by atoms with van der Waals surface area (Å²) in [6, 6.07) is 13.4. The van der Waals surface area contributed by atoms with Crippen molar-refractivity contribution >= 4 is 40.5 Å². The van der Waals surface area contributed by atoms with Gasteiger partial charge in [0, 0.05) is 6.07 Å². The van der Waals surface area contributed by atoms with Crippen LogP contribution in [0.2, 0.25) is 0 Å². The molecule has 3 aromatic rings. The number of nitrogens with one attached hydrogen (secondary N) is 2. The number of rotatable bonds is 4. The van der Waals surface area contributed by atoms with E-state index in [2.05, 4.69) is 10.3 Å². The molecular weight excluding hydrogens is 316 g/mol. The Morgan fingerprint density at radius 3 is 2.70 bits per heavy atom. The molecule has 1 amide bonds. The number of aromatic nitrogens is 2. The molecule has 0 aliphatic carbocycles. The molecule has 0 spiro atoms. The van der Waals surface area contributed by atoms with Gasteiger partial charge in [-0.15, -0.1) is 0 Å². The van der Waals surface area contributed by atoms with E-state index in [1.165, 1.54) is 12.1 Å². The SMILES string of the molecule is O=C(Cn1c(=S)[nH]c2ccccc21)Nc1ccccc1[N+](=O)[O-]. The molecule has 0 saturated heterocycles. The minimum absolute atomic E-state index is 0.0328. The first-order chi connectivity index (χ1) is 11.1. The van der Waals surface area contributed by atoms with Gasteiger partial charge in [0.25, 0.3) is 5.69 Å². The molecule has 0 aliphatic heterocycles. The predicted molar refractivity (Wildman–Crippen MR) is 88.8 cm³/mol. The van der Waals surface area contributed by atoms with E-state index in [0.717, 1.165) is 11.0 Å². The lowest BCUT2D eigenvalue weighted by molar-refractivity contribution is -0.383. The molecule has 0 saturated carbocycles. The van der Waals surface area contributed by atoms with Gasteiger partial charge in [-0.25, -0.2) is 0 Å². The molecule has 0 fully saturated rings. The molecule has 0 unspecified atom stereocenters. The third-order valence-corrected chi connectivity index (χ3v) is 3.68. The van der Waals surface area contributed by atoms with Gasteiger partial charge in [-0.05, 0) is 30.4 Å². The fourth-order valence-corrected chi connectivity index (χ4v) is 2.61. The second-order valence-corrected chi connectivity index (χ2v) is 5.24. The summed E-state index contributed by atoms with van der Waals surface area (Å²) >= 11 is 5.22. The highest BCUT2D eigenvalue weighted by atomic mass is 32.1. The van der Waals surface area contributed by atoms with Gasteiger partial charge >= 0.3 is 0 Å². The van der Waals surface area contributed by atoms with Crippen molar-refractivity contribution in [3.63, 3.8) is 0 Å². The molecule has 0 bridgehead atoms. The Hall–Kier alpha value is -3.00. The van der Waals surface area contributed by atoms with Crippen LogP contribution in [0, 0.1) is 14.9 Å². The first kappa shape index (κ1) is 14.9. The minimum atomic E-state index is -0.535. The van der Waals surface area contributed by atoms with Crippen molar-refractivity contribution in [1.29, 1.82) is 0 Å². The number of anilines is 1. The number of nitro benzene ring substituents is 1. The molecule has 1 heterocycles. The van der Waals surface area contributed by atoms with Crippen LogP contribution in [0.25, 0.3) is 11.0 Å². The maximum atomic E-state index is 12.2. The summed E-state index contributed by atoms with van der Waals surface area (Å²) in [5, 5.41) is 13.5. The van der Waals surface area contributed by atoms with Crippen LogP contribution in [0.15, 0.2) is 48.5 Å². The number of imidazole rings is 1. The fourth-order valence-electron chi connectivity index (χ4n) is 2.34. The highest BCUT2D eigenvalue weighted by molar-refractivity contribution is 7.71. The summed E-state index contributed by atoms with van der Waals surface area (Å²) in [4.78, 5) is 25.7. The number of fused-ring (bicyclic) bond motifs is 1. The van der Waals surface area contributed by atoms with Crippen LogP contribution in [-0.2, 0) is 11.3 Å². The number of amides is 1. The Labute approximate surface area is 135 Å². The van der Waals surface area contributed by atoms with Crippen molar-refractivity contribution in [2.45, 2.75) is 6.54 Å². The molecule has 2 aromatic carbocycles. The zero-order valence-corrected chi connectivity index (χ0v) is 12.7. The molecule has 0 atom stereocenters. The lowest BCUT2D eigenvalue weighted by Crippen LogP contribution is -2.19. The number of hydrogen-bond donors (Lipinski definition) is 2. The number of H-pyrrole nitrogens is 1. The number of para-hydroxylation sites is 4. The molecule has 0 aliphatic rings. The summed E-state index contributed by atoms with van der Waals surface area (Å²) in [7, 11) is 0. The topological polar surface area (TPSA) is 93.0 Å². The standard InChI is InChI=1S/C15H12N4O3S/c20-14(16-11-6-2-4-8-13(11)19(21)22)9-18-12-7-3-1-5-10(12)17-15(18)23/h1-8H,9H2,(H,16,20)(H,17,23). The van der Waals surface area contributed by atoms with E-state index in [9.17, 15) is 14.9 Å². The second kappa shape index (κ2) is 6.01. The Balaban J connectivity index is 1.86. The van der Waals surface area contributed by atoms with Crippen molar-refractivity contribution in [2.24, 2.45) is 0 Å². The zero-order valence-electron chi connectivity index (χ0n) is 11.9. The summed E-state index contributed by atoms with van der Waals surface area (Å²) in [6.07, 6.45) is 0. The summed E-state index contributed by atoms with van der Waals surface area (Å²) in [5.41, 5.74) is 1.64. The third-order valence-electron chi connectivity index (χ3n) is 3.36. The summed E-state index contributed by atoms with van der Waals surface area (Å²) in [5.74, 6) is -0.389. The molecule has 23 heavy (non-hydrogen) atoms. The van der Waals surface area contributed by atoms with Gasteiger partial charge < -0.3 is 14.9 Å². The predicted octanol–water partition coefficient (Wildman–Crippen LogP) is 3.25. The molecular formula is C15H12N4O3S. The highest BCUT2D eigenvalue weighted by Crippen LogP contribution is 2.23. The quantitative estimate of drug-likeness (QED) is 0.437. The Morgan fingerprint density at radius 2 is 1.91 bits per heavy atom. The average Bonchev–Trinajstić information content (AvgIpc) is 2.83. The Bertz CT molecular complexity index is 961. The van der Waals surface area contributed by atoms with Crippen LogP contribution < -0.4 is 5.32 Å². The minimum Gasteiger partial charge on any atom is -0.331 e. The lowest BCUT2D eigenvalue weighted by Gasteiger charge is -2.07. The number of nitro groups is 1. The van der Waals surface area contributed by atoms with Gasteiger partial charge in [-0.3, -0.25) is 14.9 Å². The number of carbonyl (C=O) groups excluding carboxylic acids is 1. The number of aromatic amines is 1. The Morgan fingerprint density at radius 1 is 1.22 bits per heavy atom. The molecule has 8 heteroatoms. The lowest BCUT2D eigenvalue weighted by atomic mass is 10.2. The second-order valence-electron chi connectivity index (χ2n) is 4.86. The third kappa shape index (κ3) is 2.97. The van der Waals surface area contributed by atoms with Crippen LogP contribution in [0.5, 0.6) is 0 Å². The summed E-state index contributed by atoms with van der Waals surface area (Å²) in [6.45, 7) is -0.0328. The monoisotopic (exact) mass is 328 g/mol. The normalized spacial score (nSPS) is 10.6. The van der Waals surface area contributed by atoms with Gasteiger partial charge in [0.2, 0.25) is 5.91 Å². The summed E-state index contributed by atoms with van der Waals surface area (Å²) < 4.78 is 2.07. The zero-order chi connectivity index (χ0) is 16.4. The van der Waals surface area contributed by atoms with Crippen molar-refractivity contribution < 1.29 is 9.72 Å². The van der Waals surface area contributed by atoms with Crippen LogP contribution >= 0.6 is 12.2 Å².